The number of unbranched alkanes of at least 4 members (excludes halogenated alkanes) is 1. The van der Waals surface area contributed by atoms with E-state index in [9.17, 15) is 0 Å². The maximum Gasteiger partial charge on any atom is 0.126 e. The second-order valence-corrected chi connectivity index (χ2v) is 4.99. The molecule has 1 aliphatic heterocycles. The Kier molecular flexibility index (Phi) is 5.02. The summed E-state index contributed by atoms with van der Waals surface area (Å²) in [5.74, 6) is 1.09. The molecular weight excluding hydrogens is 224 g/mol. The van der Waals surface area contributed by atoms with E-state index in [-0.39, 0.29) is 0 Å². The Morgan fingerprint density at radius 2 is 2.28 bits per heavy atom. The van der Waals surface area contributed by atoms with Gasteiger partial charge in [-0.3, -0.25) is 0 Å². The van der Waals surface area contributed by atoms with Crippen LogP contribution in [0.1, 0.15) is 42.9 Å². The minimum Gasteiger partial charge on any atom is -0.493 e. The second-order valence-electron chi connectivity index (χ2n) is 4.99. The first-order chi connectivity index (χ1) is 8.83. The van der Waals surface area contributed by atoms with Crippen LogP contribution in [-0.2, 0) is 0 Å². The van der Waals surface area contributed by atoms with Crippen molar-refractivity contribution in [1.29, 1.82) is 0 Å². The topological polar surface area (TPSA) is 47.3 Å². The third-order valence-corrected chi connectivity index (χ3v) is 3.52. The van der Waals surface area contributed by atoms with Crippen LogP contribution in [0.3, 0.4) is 0 Å². The fourth-order valence-electron chi connectivity index (χ4n) is 2.52. The summed E-state index contributed by atoms with van der Waals surface area (Å²) in [6.07, 6.45) is 4.51. The van der Waals surface area contributed by atoms with E-state index in [2.05, 4.69) is 30.4 Å². The number of hydrogen-bond acceptors (Lipinski definition) is 3. The lowest BCUT2D eigenvalue weighted by Crippen LogP contribution is -2.22. The van der Waals surface area contributed by atoms with E-state index in [1.165, 1.54) is 11.1 Å². The first-order valence-corrected chi connectivity index (χ1v) is 6.98. The highest BCUT2D eigenvalue weighted by Crippen LogP contribution is 2.33. The smallest absolute Gasteiger partial charge is 0.126 e. The van der Waals surface area contributed by atoms with Gasteiger partial charge in [0.2, 0.25) is 0 Å². The van der Waals surface area contributed by atoms with Crippen molar-refractivity contribution in [2.24, 2.45) is 5.73 Å². The van der Waals surface area contributed by atoms with Gasteiger partial charge < -0.3 is 15.8 Å². The van der Waals surface area contributed by atoms with Gasteiger partial charge in [-0.25, -0.2) is 0 Å². The Bertz CT molecular complexity index is 379. The van der Waals surface area contributed by atoms with Gasteiger partial charge in [0.25, 0.3) is 0 Å². The summed E-state index contributed by atoms with van der Waals surface area (Å²) in [4.78, 5) is 0. The molecule has 0 aliphatic carbocycles. The van der Waals surface area contributed by atoms with E-state index < -0.39 is 0 Å². The predicted octanol–water partition coefficient (Wildman–Crippen LogP) is 2.54. The van der Waals surface area contributed by atoms with Gasteiger partial charge in [0.05, 0.1) is 6.61 Å². The minimum atomic E-state index is 0.431. The summed E-state index contributed by atoms with van der Waals surface area (Å²) in [6.45, 7) is 4.77. The number of para-hydroxylation sites is 1. The number of nitrogens with one attached hydrogen (secondary N) is 1. The molecule has 0 spiro atoms. The van der Waals surface area contributed by atoms with E-state index in [4.69, 9.17) is 10.5 Å². The van der Waals surface area contributed by atoms with Crippen LogP contribution in [0.2, 0.25) is 0 Å². The van der Waals surface area contributed by atoms with Crippen LogP contribution < -0.4 is 15.8 Å². The Balaban J connectivity index is 2.05. The van der Waals surface area contributed by atoms with Gasteiger partial charge in [-0.2, -0.15) is 0 Å². The van der Waals surface area contributed by atoms with Gasteiger partial charge in [-0.1, -0.05) is 18.2 Å². The van der Waals surface area contributed by atoms with Crippen LogP contribution in [0.25, 0.3) is 0 Å². The average Bonchev–Trinajstić information content (AvgIpc) is 2.58. The maximum atomic E-state index is 5.88. The molecule has 1 aromatic carbocycles. The van der Waals surface area contributed by atoms with Crippen LogP contribution in [0, 0.1) is 6.92 Å². The molecule has 1 unspecified atom stereocenters. The Hall–Kier alpha value is -1.06. The zero-order valence-electron chi connectivity index (χ0n) is 11.2. The highest BCUT2D eigenvalue weighted by atomic mass is 16.5. The molecule has 1 heterocycles. The van der Waals surface area contributed by atoms with E-state index in [0.717, 1.165) is 51.1 Å². The van der Waals surface area contributed by atoms with E-state index in [0.29, 0.717) is 6.04 Å². The molecule has 1 atom stereocenters. The first-order valence-electron chi connectivity index (χ1n) is 6.98. The average molecular weight is 248 g/mol. The predicted molar refractivity (Wildman–Crippen MR) is 74.9 cm³/mol. The fraction of sp³-hybridized carbons (Fsp3) is 0.600. The molecule has 1 aliphatic rings. The number of rotatable bonds is 5. The molecule has 100 valence electrons. The number of fused-ring (bicyclic) bond motifs is 1. The fourth-order valence-corrected chi connectivity index (χ4v) is 2.52. The Labute approximate surface area is 110 Å². The van der Waals surface area contributed by atoms with Crippen LogP contribution in [-0.4, -0.2) is 19.7 Å². The molecule has 0 saturated carbocycles. The van der Waals surface area contributed by atoms with Gasteiger partial charge in [0.15, 0.2) is 0 Å². The largest absolute Gasteiger partial charge is 0.493 e. The molecule has 3 N–H and O–H groups in total. The van der Waals surface area contributed by atoms with Crippen molar-refractivity contribution in [3.05, 3.63) is 29.3 Å². The lowest BCUT2D eigenvalue weighted by atomic mass is 9.99. The summed E-state index contributed by atoms with van der Waals surface area (Å²) >= 11 is 0. The minimum absolute atomic E-state index is 0.431. The lowest BCUT2D eigenvalue weighted by Gasteiger charge is -2.19. The zero-order chi connectivity index (χ0) is 12.8. The maximum absolute atomic E-state index is 5.88. The van der Waals surface area contributed by atoms with Crippen molar-refractivity contribution in [1.82, 2.24) is 5.32 Å². The van der Waals surface area contributed by atoms with E-state index >= 15 is 0 Å². The molecule has 3 nitrogen and oxygen atoms in total. The van der Waals surface area contributed by atoms with Crippen molar-refractivity contribution in [2.75, 3.05) is 19.7 Å². The number of benzene rings is 1. The standard InChI is InChI=1S/C15H24N2O/c1-12-6-4-7-13-14(17-10-3-2-9-16)8-5-11-18-15(12)13/h4,6-7,14,17H,2-3,5,8-11,16H2,1H3. The molecule has 0 fully saturated rings. The molecule has 2 rings (SSSR count). The van der Waals surface area contributed by atoms with Gasteiger partial charge in [-0.05, 0) is 51.3 Å². The van der Waals surface area contributed by atoms with Gasteiger partial charge >= 0.3 is 0 Å². The van der Waals surface area contributed by atoms with Crippen molar-refractivity contribution in [3.63, 3.8) is 0 Å². The lowest BCUT2D eigenvalue weighted by molar-refractivity contribution is 0.313. The third kappa shape index (κ3) is 3.24. The summed E-state index contributed by atoms with van der Waals surface area (Å²) in [5.41, 5.74) is 8.08. The molecule has 0 bridgehead atoms. The third-order valence-electron chi connectivity index (χ3n) is 3.52. The van der Waals surface area contributed by atoms with Gasteiger partial charge in [0.1, 0.15) is 5.75 Å². The number of aryl methyl sites for hydroxylation is 1. The van der Waals surface area contributed by atoms with Crippen molar-refractivity contribution in [2.45, 2.75) is 38.6 Å². The quantitative estimate of drug-likeness (QED) is 0.787. The van der Waals surface area contributed by atoms with Gasteiger partial charge in [-0.15, -0.1) is 0 Å². The van der Waals surface area contributed by atoms with Crippen molar-refractivity contribution >= 4 is 0 Å². The van der Waals surface area contributed by atoms with Crippen LogP contribution in [0.5, 0.6) is 5.75 Å². The molecule has 1 aromatic rings. The van der Waals surface area contributed by atoms with Crippen LogP contribution in [0.15, 0.2) is 18.2 Å². The molecule has 0 amide bonds. The van der Waals surface area contributed by atoms with E-state index in [1.807, 2.05) is 0 Å². The van der Waals surface area contributed by atoms with Crippen molar-refractivity contribution < 1.29 is 4.74 Å². The summed E-state index contributed by atoms with van der Waals surface area (Å²) in [5, 5.41) is 3.64. The second kappa shape index (κ2) is 6.76. The Morgan fingerprint density at radius 3 is 3.11 bits per heavy atom. The van der Waals surface area contributed by atoms with E-state index in [1.54, 1.807) is 0 Å². The SMILES string of the molecule is Cc1cccc2c1OCCCC2NCCCCN. The summed E-state index contributed by atoms with van der Waals surface area (Å²) in [6, 6.07) is 6.86. The monoisotopic (exact) mass is 248 g/mol. The summed E-state index contributed by atoms with van der Waals surface area (Å²) in [7, 11) is 0. The molecule has 3 heteroatoms. The van der Waals surface area contributed by atoms with Crippen LogP contribution >= 0.6 is 0 Å². The number of nitrogens with two attached hydrogens (primary N) is 1. The molecule has 0 radical (unpaired) electrons. The first kappa shape index (κ1) is 13.4. The Morgan fingerprint density at radius 1 is 1.39 bits per heavy atom. The molecule has 18 heavy (non-hydrogen) atoms. The number of hydrogen-bond donors (Lipinski definition) is 2. The van der Waals surface area contributed by atoms with Crippen molar-refractivity contribution in [3.8, 4) is 5.75 Å². The van der Waals surface area contributed by atoms with Gasteiger partial charge in [0, 0.05) is 11.6 Å². The molecular formula is C15H24N2O. The number of ether oxygens (including phenoxy) is 1. The molecule has 0 aromatic heterocycles. The summed E-state index contributed by atoms with van der Waals surface area (Å²) < 4.78 is 5.88. The zero-order valence-corrected chi connectivity index (χ0v) is 11.2. The highest BCUT2D eigenvalue weighted by molar-refractivity contribution is 5.43. The molecule has 0 saturated heterocycles. The normalized spacial score (nSPS) is 18.9. The highest BCUT2D eigenvalue weighted by Gasteiger charge is 2.19. The van der Waals surface area contributed by atoms with Crippen LogP contribution in [0.4, 0.5) is 0 Å².